The van der Waals surface area contributed by atoms with Crippen LogP contribution in [0.2, 0.25) is 0 Å². The van der Waals surface area contributed by atoms with Crippen molar-refractivity contribution in [2.75, 3.05) is 6.61 Å². The summed E-state index contributed by atoms with van der Waals surface area (Å²) in [7, 11) is 0. The minimum atomic E-state index is -1.48. The molecule has 5 N–H and O–H groups in total. The van der Waals surface area contributed by atoms with Crippen LogP contribution in [-0.2, 0) is 9.57 Å². The first-order chi connectivity index (χ1) is 9.13. The molecule has 1 aromatic heterocycles. The van der Waals surface area contributed by atoms with Crippen molar-refractivity contribution in [3.8, 4) is 0 Å². The van der Waals surface area contributed by atoms with Crippen LogP contribution in [-0.4, -0.2) is 68.9 Å². The number of oxime groups is 1. The van der Waals surface area contributed by atoms with Crippen LogP contribution in [0.1, 0.15) is 5.69 Å². The molecule has 106 valence electrons. The van der Waals surface area contributed by atoms with Crippen LogP contribution in [0.5, 0.6) is 0 Å². The zero-order valence-corrected chi connectivity index (χ0v) is 9.96. The van der Waals surface area contributed by atoms with E-state index >= 15 is 0 Å². The van der Waals surface area contributed by atoms with E-state index in [0.717, 1.165) is 0 Å². The van der Waals surface area contributed by atoms with Crippen LogP contribution < -0.4 is 0 Å². The largest absolute Gasteiger partial charge is 0.394 e. The smallest absolute Gasteiger partial charge is 0.256 e. The number of hydrogen-bond acceptors (Lipinski definition) is 7. The van der Waals surface area contributed by atoms with Crippen LogP contribution in [0.15, 0.2) is 23.5 Å². The van der Waals surface area contributed by atoms with Crippen LogP contribution in [0.25, 0.3) is 0 Å². The number of aliphatic hydroxyl groups excluding tert-OH is 4. The van der Waals surface area contributed by atoms with Gasteiger partial charge in [-0.2, -0.15) is 0 Å². The summed E-state index contributed by atoms with van der Waals surface area (Å²) in [6, 6.07) is 3.52. The third-order valence-corrected chi connectivity index (χ3v) is 2.83. The molecule has 2 rings (SSSR count). The van der Waals surface area contributed by atoms with Crippen LogP contribution in [0, 0.1) is 0 Å². The van der Waals surface area contributed by atoms with Gasteiger partial charge in [0.1, 0.15) is 24.4 Å². The molecule has 0 spiro atoms. The van der Waals surface area contributed by atoms with Crippen molar-refractivity contribution in [1.29, 1.82) is 0 Å². The highest BCUT2D eigenvalue weighted by atomic mass is 16.8. The molecule has 1 aliphatic heterocycles. The molecule has 0 saturated carbocycles. The molecule has 0 aliphatic carbocycles. The number of rotatable bonds is 4. The normalized spacial score (nSPS) is 35.7. The standard InChI is InChI=1S/C11H16N2O6/c14-5-7-8(15)9(16)10(17)11(18-7)19-13-4-6-2-1-3-12-6/h1-4,7-12,14-17H,5H2/b13-4+/t7-,8-,9+,10-,11+/m1/s1. The van der Waals surface area contributed by atoms with E-state index in [1.54, 1.807) is 18.3 Å². The number of ether oxygens (including phenoxy) is 1. The van der Waals surface area contributed by atoms with Gasteiger partial charge in [-0.3, -0.25) is 0 Å². The summed E-state index contributed by atoms with van der Waals surface area (Å²) in [6.07, 6.45) is -3.55. The van der Waals surface area contributed by atoms with Gasteiger partial charge in [0.2, 0.25) is 0 Å². The molecule has 19 heavy (non-hydrogen) atoms. The summed E-state index contributed by atoms with van der Waals surface area (Å²) in [5, 5.41) is 41.3. The number of aromatic amines is 1. The van der Waals surface area contributed by atoms with Gasteiger partial charge in [-0.15, -0.1) is 0 Å². The molecule has 0 unspecified atom stereocenters. The van der Waals surface area contributed by atoms with Gasteiger partial charge in [-0.25, -0.2) is 0 Å². The first kappa shape index (κ1) is 14.0. The fraction of sp³-hybridized carbons (Fsp3) is 0.545. The second-order valence-corrected chi connectivity index (χ2v) is 4.16. The maximum absolute atomic E-state index is 9.66. The lowest BCUT2D eigenvalue weighted by atomic mass is 9.99. The SMILES string of the molecule is OC[C@H]1O[C@@H](O/N=C/c2ccc[nH]2)[C@H](O)[C@@H](O)[C@@H]1O. The monoisotopic (exact) mass is 272 g/mol. The van der Waals surface area contributed by atoms with E-state index in [9.17, 15) is 15.3 Å². The van der Waals surface area contributed by atoms with Gasteiger partial charge in [-0.1, -0.05) is 5.16 Å². The molecular formula is C11H16N2O6. The van der Waals surface area contributed by atoms with Gasteiger partial charge >= 0.3 is 0 Å². The Morgan fingerprint density at radius 3 is 2.74 bits per heavy atom. The fourth-order valence-corrected chi connectivity index (χ4v) is 1.73. The Balaban J connectivity index is 1.95. The highest BCUT2D eigenvalue weighted by Crippen LogP contribution is 2.21. The molecule has 0 bridgehead atoms. The van der Waals surface area contributed by atoms with Crippen molar-refractivity contribution < 1.29 is 30.0 Å². The van der Waals surface area contributed by atoms with E-state index in [4.69, 9.17) is 14.7 Å². The van der Waals surface area contributed by atoms with E-state index in [0.29, 0.717) is 5.69 Å². The molecule has 0 radical (unpaired) electrons. The number of H-pyrrole nitrogens is 1. The molecule has 1 aromatic rings. The van der Waals surface area contributed by atoms with Crippen molar-refractivity contribution in [3.63, 3.8) is 0 Å². The molecule has 1 saturated heterocycles. The second kappa shape index (κ2) is 6.13. The summed E-state index contributed by atoms with van der Waals surface area (Å²) < 4.78 is 5.09. The quantitative estimate of drug-likeness (QED) is 0.324. The summed E-state index contributed by atoms with van der Waals surface area (Å²) in [6.45, 7) is -0.509. The average molecular weight is 272 g/mol. The van der Waals surface area contributed by atoms with Crippen molar-refractivity contribution in [1.82, 2.24) is 4.98 Å². The lowest BCUT2D eigenvalue weighted by Crippen LogP contribution is -2.58. The molecule has 0 amide bonds. The predicted octanol–water partition coefficient (Wildman–Crippen LogP) is -1.83. The van der Waals surface area contributed by atoms with E-state index in [1.807, 2.05) is 0 Å². The molecule has 5 atom stereocenters. The molecule has 1 fully saturated rings. The van der Waals surface area contributed by atoms with Gasteiger partial charge in [-0.05, 0) is 12.1 Å². The van der Waals surface area contributed by atoms with Crippen LogP contribution in [0.4, 0.5) is 0 Å². The Morgan fingerprint density at radius 2 is 2.11 bits per heavy atom. The molecule has 0 aromatic carbocycles. The van der Waals surface area contributed by atoms with Gasteiger partial charge in [0, 0.05) is 6.20 Å². The third-order valence-electron chi connectivity index (χ3n) is 2.83. The highest BCUT2D eigenvalue weighted by Gasteiger charge is 2.44. The lowest BCUT2D eigenvalue weighted by Gasteiger charge is -2.38. The Hall–Kier alpha value is -1.45. The van der Waals surface area contributed by atoms with Gasteiger partial charge in [0.15, 0.2) is 0 Å². The van der Waals surface area contributed by atoms with Gasteiger partial charge in [0.05, 0.1) is 18.5 Å². The topological polar surface area (TPSA) is 128 Å². The molecule has 2 heterocycles. The number of aliphatic hydroxyl groups is 4. The summed E-state index contributed by atoms with van der Waals surface area (Å²) in [5.74, 6) is 0. The first-order valence-electron chi connectivity index (χ1n) is 5.76. The average Bonchev–Trinajstić information content (AvgIpc) is 2.92. The lowest BCUT2D eigenvalue weighted by molar-refractivity contribution is -0.301. The second-order valence-electron chi connectivity index (χ2n) is 4.16. The summed E-state index contributed by atoms with van der Waals surface area (Å²) in [5.41, 5.74) is 0.685. The van der Waals surface area contributed by atoms with Crippen molar-refractivity contribution in [2.45, 2.75) is 30.7 Å². The minimum Gasteiger partial charge on any atom is -0.394 e. The fourth-order valence-electron chi connectivity index (χ4n) is 1.73. The Labute approximate surface area is 108 Å². The van der Waals surface area contributed by atoms with E-state index in [1.165, 1.54) is 6.21 Å². The summed E-state index contributed by atoms with van der Waals surface area (Å²) >= 11 is 0. The molecule has 8 heteroatoms. The zero-order chi connectivity index (χ0) is 13.8. The number of hydrogen-bond donors (Lipinski definition) is 5. The maximum atomic E-state index is 9.66. The van der Waals surface area contributed by atoms with Crippen molar-refractivity contribution in [2.24, 2.45) is 5.16 Å². The molecule has 1 aliphatic rings. The van der Waals surface area contributed by atoms with Gasteiger partial charge < -0.3 is 35.0 Å². The van der Waals surface area contributed by atoms with E-state index in [-0.39, 0.29) is 0 Å². The number of aromatic nitrogens is 1. The minimum absolute atomic E-state index is 0.509. The highest BCUT2D eigenvalue weighted by molar-refractivity contribution is 5.76. The number of nitrogens with zero attached hydrogens (tertiary/aromatic N) is 1. The van der Waals surface area contributed by atoms with Crippen LogP contribution in [0.3, 0.4) is 0 Å². The predicted molar refractivity (Wildman–Crippen MR) is 63.2 cm³/mol. The zero-order valence-electron chi connectivity index (χ0n) is 9.96. The Morgan fingerprint density at radius 1 is 1.32 bits per heavy atom. The van der Waals surface area contributed by atoms with Crippen molar-refractivity contribution >= 4 is 6.21 Å². The summed E-state index contributed by atoms with van der Waals surface area (Å²) in [4.78, 5) is 7.77. The molecule has 8 nitrogen and oxygen atoms in total. The maximum Gasteiger partial charge on any atom is 0.256 e. The van der Waals surface area contributed by atoms with Gasteiger partial charge in [0.25, 0.3) is 6.29 Å². The first-order valence-corrected chi connectivity index (χ1v) is 5.76. The van der Waals surface area contributed by atoms with E-state index in [2.05, 4.69) is 10.1 Å². The van der Waals surface area contributed by atoms with Crippen LogP contribution >= 0.6 is 0 Å². The third kappa shape index (κ3) is 3.11. The van der Waals surface area contributed by atoms with E-state index < -0.39 is 37.3 Å². The molecular weight excluding hydrogens is 256 g/mol. The van der Waals surface area contributed by atoms with Crippen molar-refractivity contribution in [3.05, 3.63) is 24.0 Å². The Kier molecular flexibility index (Phi) is 4.51. The Bertz CT molecular complexity index is 407. The number of nitrogens with one attached hydrogen (secondary N) is 1.